The lowest BCUT2D eigenvalue weighted by molar-refractivity contribution is -0.132. The van der Waals surface area contributed by atoms with Gasteiger partial charge in [0.1, 0.15) is 0 Å². The molecular formula is C28H20N2O8. The van der Waals surface area contributed by atoms with Gasteiger partial charge in [-0.25, -0.2) is 9.13 Å². The van der Waals surface area contributed by atoms with Crippen molar-refractivity contribution in [2.75, 3.05) is 0 Å². The molecule has 0 aliphatic carbocycles. The van der Waals surface area contributed by atoms with Gasteiger partial charge in [-0.2, -0.15) is 0 Å². The first-order valence-electron chi connectivity index (χ1n) is 11.5. The number of aryl methyl sites for hydroxylation is 2. The van der Waals surface area contributed by atoms with Crippen LogP contribution in [0.2, 0.25) is 0 Å². The quantitative estimate of drug-likeness (QED) is 0.265. The average molecular weight is 512 g/mol. The van der Waals surface area contributed by atoms with E-state index in [1.54, 1.807) is 26.0 Å². The molecular weight excluding hydrogens is 492 g/mol. The molecule has 0 spiro atoms. The van der Waals surface area contributed by atoms with Crippen molar-refractivity contribution >= 4 is 33.5 Å². The van der Waals surface area contributed by atoms with Crippen molar-refractivity contribution in [3.63, 3.8) is 0 Å². The second-order valence-electron chi connectivity index (χ2n) is 8.96. The van der Waals surface area contributed by atoms with Crippen LogP contribution < -0.4 is 31.7 Å². The van der Waals surface area contributed by atoms with E-state index in [4.69, 9.17) is 9.47 Å². The molecule has 0 amide bonds. The third-order valence-electron chi connectivity index (χ3n) is 6.11. The number of benzene rings is 3. The van der Waals surface area contributed by atoms with Crippen LogP contribution >= 0.6 is 0 Å². The lowest BCUT2D eigenvalue weighted by Gasteiger charge is -2.09. The molecule has 5 rings (SSSR count). The predicted octanol–water partition coefficient (Wildman–Crippen LogP) is 2.36. The Labute approximate surface area is 213 Å². The Kier molecular flexibility index (Phi) is 5.67. The molecule has 10 heteroatoms. The summed E-state index contributed by atoms with van der Waals surface area (Å²) >= 11 is 0. The largest absolute Gasteiger partial charge is 0.424 e. The molecule has 0 unspecified atom stereocenters. The molecule has 0 aliphatic rings. The van der Waals surface area contributed by atoms with Gasteiger partial charge < -0.3 is 9.47 Å². The molecule has 0 bridgehead atoms. The highest BCUT2D eigenvalue weighted by atomic mass is 16.5. The van der Waals surface area contributed by atoms with E-state index in [-0.39, 0.29) is 44.4 Å². The van der Waals surface area contributed by atoms with Crippen LogP contribution in [0.5, 0.6) is 11.5 Å². The Hall–Kier alpha value is -5.12. The van der Waals surface area contributed by atoms with Gasteiger partial charge in [-0.3, -0.25) is 28.8 Å². The smallest absolute Gasteiger partial charge is 0.308 e. The highest BCUT2D eigenvalue weighted by molar-refractivity contribution is 5.98. The first kappa shape index (κ1) is 24.6. The monoisotopic (exact) mass is 512 g/mol. The molecule has 0 N–H and O–H groups in total. The number of hydrogen-bond donors (Lipinski definition) is 0. The normalized spacial score (nSPS) is 11.3. The van der Waals surface area contributed by atoms with Crippen LogP contribution in [0.1, 0.15) is 25.0 Å². The maximum absolute atomic E-state index is 13.4. The predicted molar refractivity (Wildman–Crippen MR) is 140 cm³/mol. The van der Waals surface area contributed by atoms with Crippen molar-refractivity contribution in [3.8, 4) is 22.9 Å². The number of hydrogen-bond acceptors (Lipinski definition) is 8. The Balaban J connectivity index is 1.81. The highest BCUT2D eigenvalue weighted by Crippen LogP contribution is 2.26. The summed E-state index contributed by atoms with van der Waals surface area (Å²) in [5.74, 6) is -1.24. The summed E-state index contributed by atoms with van der Waals surface area (Å²) in [6.07, 6.45) is 0. The summed E-state index contributed by atoms with van der Waals surface area (Å²) < 4.78 is 12.1. The molecule has 2 aromatic heterocycles. The number of aromatic nitrogens is 2. The fourth-order valence-electron chi connectivity index (χ4n) is 4.50. The van der Waals surface area contributed by atoms with Crippen molar-refractivity contribution in [1.29, 1.82) is 0 Å². The standard InChI is InChI=1S/C28H20N2O8/c1-13-5-7-23(37-15(3)31)21(9-13)29-25(33)17-11-19-20(12-18(17)26(29)34)28(36)30(27(19)35)22-10-14(2)6-8-24(22)38-16(4)32/h5-12H,1-4H3. The van der Waals surface area contributed by atoms with Crippen LogP contribution in [0.3, 0.4) is 0 Å². The minimum absolute atomic E-state index is 0.0147. The van der Waals surface area contributed by atoms with E-state index in [0.717, 1.165) is 9.13 Å². The topological polar surface area (TPSA) is 131 Å². The Morgan fingerprint density at radius 2 is 0.868 bits per heavy atom. The maximum atomic E-state index is 13.4. The summed E-state index contributed by atoms with van der Waals surface area (Å²) in [5.41, 5.74) is -1.39. The Bertz CT molecular complexity index is 1820. The van der Waals surface area contributed by atoms with Gasteiger partial charge in [0.25, 0.3) is 22.2 Å². The summed E-state index contributed by atoms with van der Waals surface area (Å²) in [5, 5.41) is -0.291. The molecule has 190 valence electrons. The van der Waals surface area contributed by atoms with Gasteiger partial charge in [-0.15, -0.1) is 0 Å². The van der Waals surface area contributed by atoms with Gasteiger partial charge in [0.05, 0.1) is 32.9 Å². The summed E-state index contributed by atoms with van der Waals surface area (Å²) in [6, 6.07) is 11.8. The zero-order chi connectivity index (χ0) is 27.5. The van der Waals surface area contributed by atoms with Gasteiger partial charge in [-0.1, -0.05) is 12.1 Å². The molecule has 0 aliphatic heterocycles. The van der Waals surface area contributed by atoms with Crippen LogP contribution in [0.4, 0.5) is 0 Å². The molecule has 10 nitrogen and oxygen atoms in total. The number of carbonyl (C=O) groups is 2. The van der Waals surface area contributed by atoms with E-state index in [1.165, 1.54) is 50.2 Å². The van der Waals surface area contributed by atoms with Crippen LogP contribution in [0.25, 0.3) is 32.9 Å². The van der Waals surface area contributed by atoms with E-state index in [9.17, 15) is 28.8 Å². The average Bonchev–Trinajstić information content (AvgIpc) is 3.23. The van der Waals surface area contributed by atoms with E-state index in [0.29, 0.717) is 11.1 Å². The second-order valence-corrected chi connectivity index (χ2v) is 8.96. The maximum Gasteiger partial charge on any atom is 0.308 e. The zero-order valence-electron chi connectivity index (χ0n) is 20.8. The van der Waals surface area contributed by atoms with Gasteiger partial charge in [0, 0.05) is 13.8 Å². The van der Waals surface area contributed by atoms with Crippen molar-refractivity contribution in [3.05, 3.63) is 101 Å². The van der Waals surface area contributed by atoms with Crippen molar-refractivity contribution in [2.24, 2.45) is 0 Å². The van der Waals surface area contributed by atoms with Gasteiger partial charge in [0.2, 0.25) is 0 Å². The fraction of sp³-hybridized carbons (Fsp3) is 0.143. The fourth-order valence-corrected chi connectivity index (χ4v) is 4.50. The third kappa shape index (κ3) is 3.83. The summed E-state index contributed by atoms with van der Waals surface area (Å²) in [4.78, 5) is 76.8. The minimum atomic E-state index is -0.735. The number of fused-ring (bicyclic) bond motifs is 2. The van der Waals surface area contributed by atoms with E-state index in [2.05, 4.69) is 0 Å². The molecule has 0 saturated carbocycles. The van der Waals surface area contributed by atoms with Gasteiger partial charge in [-0.05, 0) is 61.4 Å². The second kappa shape index (κ2) is 8.77. The van der Waals surface area contributed by atoms with Crippen molar-refractivity contribution < 1.29 is 19.1 Å². The lowest BCUT2D eigenvalue weighted by Crippen LogP contribution is -2.25. The molecule has 0 saturated heterocycles. The Morgan fingerprint density at radius 3 is 1.16 bits per heavy atom. The Morgan fingerprint density at radius 1 is 0.553 bits per heavy atom. The third-order valence-corrected chi connectivity index (χ3v) is 6.11. The van der Waals surface area contributed by atoms with Crippen molar-refractivity contribution in [2.45, 2.75) is 27.7 Å². The van der Waals surface area contributed by atoms with Gasteiger partial charge >= 0.3 is 11.9 Å². The van der Waals surface area contributed by atoms with E-state index in [1.807, 2.05) is 0 Å². The molecule has 2 heterocycles. The highest BCUT2D eigenvalue weighted by Gasteiger charge is 2.24. The SMILES string of the molecule is CC(=O)Oc1ccc(C)cc1-n1c(=O)c2cc3c(=O)n(-c4cc(C)ccc4OC(C)=O)c(=O)c3cc2c1=O. The molecule has 3 aromatic carbocycles. The number of carbonyl (C=O) groups excluding carboxylic acids is 2. The zero-order valence-corrected chi connectivity index (χ0v) is 20.8. The van der Waals surface area contributed by atoms with Gasteiger partial charge in [0.15, 0.2) is 11.5 Å². The van der Waals surface area contributed by atoms with E-state index < -0.39 is 34.2 Å². The van der Waals surface area contributed by atoms with Crippen LogP contribution in [-0.2, 0) is 9.59 Å². The van der Waals surface area contributed by atoms with Crippen LogP contribution in [0, 0.1) is 13.8 Å². The summed E-state index contributed by atoms with van der Waals surface area (Å²) in [7, 11) is 0. The lowest BCUT2D eigenvalue weighted by atomic mass is 10.1. The van der Waals surface area contributed by atoms with Crippen molar-refractivity contribution in [1.82, 2.24) is 9.13 Å². The molecule has 0 atom stereocenters. The molecule has 0 fully saturated rings. The minimum Gasteiger partial charge on any atom is -0.424 e. The van der Waals surface area contributed by atoms with E-state index >= 15 is 0 Å². The molecule has 5 aromatic rings. The summed E-state index contributed by atoms with van der Waals surface area (Å²) in [6.45, 7) is 5.88. The number of nitrogens with zero attached hydrogens (tertiary/aromatic N) is 2. The van der Waals surface area contributed by atoms with Crippen LogP contribution in [-0.4, -0.2) is 21.1 Å². The number of esters is 2. The van der Waals surface area contributed by atoms with Crippen LogP contribution in [0.15, 0.2) is 67.7 Å². The number of ether oxygens (including phenoxy) is 2. The number of rotatable bonds is 4. The first-order chi connectivity index (χ1) is 18.0. The molecule has 0 radical (unpaired) electrons. The molecule has 38 heavy (non-hydrogen) atoms. The first-order valence-corrected chi connectivity index (χ1v) is 11.5.